The highest BCUT2D eigenvalue weighted by Crippen LogP contribution is 2.37. The molecule has 2 atom stereocenters. The van der Waals surface area contributed by atoms with Gasteiger partial charge in [0.05, 0.1) is 12.8 Å². The van der Waals surface area contributed by atoms with E-state index in [0.29, 0.717) is 18.3 Å². The van der Waals surface area contributed by atoms with Crippen LogP contribution in [0.1, 0.15) is 30.6 Å². The van der Waals surface area contributed by atoms with Gasteiger partial charge in [0, 0.05) is 18.7 Å². The highest BCUT2D eigenvalue weighted by molar-refractivity contribution is 5.22. The molecule has 2 aromatic rings. The van der Waals surface area contributed by atoms with Crippen LogP contribution in [0.15, 0.2) is 36.4 Å². The summed E-state index contributed by atoms with van der Waals surface area (Å²) in [5.41, 5.74) is 1.93. The number of methoxy groups -OCH3 is 1. The monoisotopic (exact) mass is 301 g/mol. The smallest absolute Gasteiger partial charge is 0.233 e. The molecule has 0 bridgehead atoms. The Bertz CT molecular complexity index is 632. The maximum absolute atomic E-state index is 13.5. The van der Waals surface area contributed by atoms with E-state index >= 15 is 0 Å². The van der Waals surface area contributed by atoms with Crippen LogP contribution in [-0.4, -0.2) is 28.8 Å². The first kappa shape index (κ1) is 14.9. The highest BCUT2D eigenvalue weighted by Gasteiger charge is 2.32. The van der Waals surface area contributed by atoms with Gasteiger partial charge in [-0.3, -0.25) is 4.90 Å². The first-order chi connectivity index (χ1) is 10.7. The van der Waals surface area contributed by atoms with Gasteiger partial charge in [-0.25, -0.2) is 4.39 Å². The van der Waals surface area contributed by atoms with E-state index in [1.165, 1.54) is 6.07 Å². The zero-order chi connectivity index (χ0) is 15.5. The lowest BCUT2D eigenvalue weighted by Crippen LogP contribution is -2.25. The van der Waals surface area contributed by atoms with Crippen LogP contribution in [0.25, 0.3) is 0 Å². The highest BCUT2D eigenvalue weighted by atomic mass is 19.1. The third kappa shape index (κ3) is 3.09. The molecule has 1 fully saturated rings. The summed E-state index contributed by atoms with van der Waals surface area (Å²) in [5.74, 6) is 0.828. The van der Waals surface area contributed by atoms with E-state index in [1.807, 2.05) is 18.2 Å². The number of rotatable bonds is 4. The lowest BCUT2D eigenvalue weighted by atomic mass is 9.95. The molecule has 1 aliphatic rings. The summed E-state index contributed by atoms with van der Waals surface area (Å²) >= 11 is 0. The van der Waals surface area contributed by atoms with Gasteiger partial charge in [-0.05, 0) is 42.6 Å². The fraction of sp³-hybridized carbons (Fsp3) is 0.412. The Hall–Kier alpha value is -2.01. The molecule has 1 aromatic carbocycles. The van der Waals surface area contributed by atoms with E-state index in [-0.39, 0.29) is 11.9 Å². The van der Waals surface area contributed by atoms with E-state index in [1.54, 1.807) is 19.2 Å². The van der Waals surface area contributed by atoms with E-state index in [9.17, 15) is 4.39 Å². The number of hydrogen-bond acceptors (Lipinski definition) is 4. The lowest BCUT2D eigenvalue weighted by molar-refractivity contribution is 0.221. The van der Waals surface area contributed by atoms with Crippen molar-refractivity contribution in [3.05, 3.63) is 53.5 Å². The van der Waals surface area contributed by atoms with Crippen molar-refractivity contribution in [1.82, 2.24) is 15.1 Å². The van der Waals surface area contributed by atoms with Crippen LogP contribution in [0, 0.1) is 11.7 Å². The molecular weight excluding hydrogens is 281 g/mol. The Labute approximate surface area is 129 Å². The number of benzene rings is 1. The van der Waals surface area contributed by atoms with Crippen LogP contribution in [-0.2, 0) is 6.54 Å². The number of nitrogens with zero attached hydrogens (tertiary/aromatic N) is 3. The second kappa shape index (κ2) is 6.40. The van der Waals surface area contributed by atoms with Gasteiger partial charge in [-0.2, -0.15) is 5.10 Å². The molecule has 2 heterocycles. The average Bonchev–Trinajstić information content (AvgIpc) is 2.89. The molecule has 3 rings (SSSR count). The predicted molar refractivity (Wildman–Crippen MR) is 81.9 cm³/mol. The van der Waals surface area contributed by atoms with Crippen molar-refractivity contribution >= 4 is 0 Å². The topological polar surface area (TPSA) is 38.2 Å². The minimum atomic E-state index is -0.180. The van der Waals surface area contributed by atoms with Gasteiger partial charge >= 0.3 is 0 Å². The minimum absolute atomic E-state index is 0.180. The van der Waals surface area contributed by atoms with Crippen molar-refractivity contribution in [2.75, 3.05) is 13.7 Å². The Morgan fingerprint density at radius 3 is 2.82 bits per heavy atom. The minimum Gasteiger partial charge on any atom is -0.480 e. The van der Waals surface area contributed by atoms with Gasteiger partial charge in [0.15, 0.2) is 0 Å². The standard InChI is InChI=1S/C17H20FN3O/c1-12-8-9-21(11-15-6-7-16(22-2)20-19-15)17(12)13-4-3-5-14(18)10-13/h3-7,10,12,17H,8-9,11H2,1-2H3/t12-,17+/m0/s1. The van der Waals surface area contributed by atoms with E-state index in [0.717, 1.165) is 24.2 Å². The Morgan fingerprint density at radius 1 is 1.27 bits per heavy atom. The van der Waals surface area contributed by atoms with Crippen molar-refractivity contribution in [2.24, 2.45) is 5.92 Å². The van der Waals surface area contributed by atoms with Crippen molar-refractivity contribution in [2.45, 2.75) is 25.9 Å². The van der Waals surface area contributed by atoms with Crippen LogP contribution in [0.5, 0.6) is 5.88 Å². The fourth-order valence-electron chi connectivity index (χ4n) is 3.18. The second-order valence-electron chi connectivity index (χ2n) is 5.80. The van der Waals surface area contributed by atoms with Gasteiger partial charge in [-0.1, -0.05) is 19.1 Å². The summed E-state index contributed by atoms with van der Waals surface area (Å²) in [7, 11) is 1.58. The van der Waals surface area contributed by atoms with Crippen LogP contribution in [0.2, 0.25) is 0 Å². The van der Waals surface area contributed by atoms with Gasteiger partial charge in [-0.15, -0.1) is 5.10 Å². The van der Waals surface area contributed by atoms with Gasteiger partial charge in [0.1, 0.15) is 5.82 Å². The quantitative estimate of drug-likeness (QED) is 0.869. The molecule has 116 valence electrons. The third-order valence-corrected chi connectivity index (χ3v) is 4.26. The summed E-state index contributed by atoms with van der Waals surface area (Å²) in [6.07, 6.45) is 1.10. The van der Waals surface area contributed by atoms with E-state index < -0.39 is 0 Å². The van der Waals surface area contributed by atoms with Crippen LogP contribution in [0.4, 0.5) is 4.39 Å². The molecule has 1 aliphatic heterocycles. The molecule has 0 spiro atoms. The molecule has 22 heavy (non-hydrogen) atoms. The molecule has 0 aliphatic carbocycles. The molecular formula is C17H20FN3O. The van der Waals surface area contributed by atoms with Crippen LogP contribution in [0.3, 0.4) is 0 Å². The van der Waals surface area contributed by atoms with Crippen LogP contribution >= 0.6 is 0 Å². The predicted octanol–water partition coefficient (Wildman–Crippen LogP) is 3.21. The Kier molecular flexibility index (Phi) is 4.34. The number of halogens is 1. The normalized spacial score (nSPS) is 22.0. The zero-order valence-electron chi connectivity index (χ0n) is 12.9. The van der Waals surface area contributed by atoms with Gasteiger partial charge in [0.25, 0.3) is 0 Å². The molecule has 4 nitrogen and oxygen atoms in total. The lowest BCUT2D eigenvalue weighted by Gasteiger charge is -2.27. The largest absolute Gasteiger partial charge is 0.480 e. The first-order valence-electron chi connectivity index (χ1n) is 7.53. The number of likely N-dealkylation sites (tertiary alicyclic amines) is 1. The van der Waals surface area contributed by atoms with Gasteiger partial charge in [0.2, 0.25) is 5.88 Å². The summed E-state index contributed by atoms with van der Waals surface area (Å²) < 4.78 is 18.6. The van der Waals surface area contributed by atoms with E-state index in [2.05, 4.69) is 22.0 Å². The SMILES string of the molecule is COc1ccc(CN2CC[C@H](C)[C@@H]2c2cccc(F)c2)nn1. The maximum atomic E-state index is 13.5. The molecule has 0 unspecified atom stereocenters. The van der Waals surface area contributed by atoms with Crippen molar-refractivity contribution in [3.8, 4) is 5.88 Å². The second-order valence-corrected chi connectivity index (χ2v) is 5.80. The zero-order valence-corrected chi connectivity index (χ0v) is 12.9. The Balaban J connectivity index is 1.79. The third-order valence-electron chi connectivity index (χ3n) is 4.26. The molecule has 0 N–H and O–H groups in total. The van der Waals surface area contributed by atoms with Crippen molar-refractivity contribution < 1.29 is 9.13 Å². The van der Waals surface area contributed by atoms with Crippen molar-refractivity contribution in [1.29, 1.82) is 0 Å². The summed E-state index contributed by atoms with van der Waals surface area (Å²) in [6.45, 7) is 3.91. The first-order valence-corrected chi connectivity index (χ1v) is 7.53. The molecule has 1 aromatic heterocycles. The summed E-state index contributed by atoms with van der Waals surface area (Å²) in [4.78, 5) is 2.34. The summed E-state index contributed by atoms with van der Waals surface area (Å²) in [5, 5.41) is 8.20. The van der Waals surface area contributed by atoms with Crippen LogP contribution < -0.4 is 4.74 Å². The molecule has 0 radical (unpaired) electrons. The number of aromatic nitrogens is 2. The molecule has 0 saturated carbocycles. The number of ether oxygens (including phenoxy) is 1. The summed E-state index contributed by atoms with van der Waals surface area (Å²) in [6, 6.07) is 10.9. The van der Waals surface area contributed by atoms with Crippen molar-refractivity contribution in [3.63, 3.8) is 0 Å². The molecule has 5 heteroatoms. The Morgan fingerprint density at radius 2 is 2.14 bits per heavy atom. The maximum Gasteiger partial charge on any atom is 0.233 e. The van der Waals surface area contributed by atoms with Gasteiger partial charge < -0.3 is 4.74 Å². The molecule has 0 amide bonds. The van der Waals surface area contributed by atoms with E-state index in [4.69, 9.17) is 4.74 Å². The number of hydrogen-bond donors (Lipinski definition) is 0. The molecule has 1 saturated heterocycles. The average molecular weight is 301 g/mol. The fourth-order valence-corrected chi connectivity index (χ4v) is 3.18.